The van der Waals surface area contributed by atoms with Gasteiger partial charge in [-0.2, -0.15) is 0 Å². The Labute approximate surface area is 166 Å². The van der Waals surface area contributed by atoms with Gasteiger partial charge in [0.05, 0.1) is 19.3 Å². The third kappa shape index (κ3) is 3.64. The number of likely N-dealkylation sites (tertiary alicyclic amines) is 1. The second-order valence-electron chi connectivity index (χ2n) is 8.00. The molecule has 2 aliphatic heterocycles. The third-order valence-electron chi connectivity index (χ3n) is 6.15. The van der Waals surface area contributed by atoms with Crippen molar-refractivity contribution < 1.29 is 14.6 Å². The van der Waals surface area contributed by atoms with E-state index in [-0.39, 0.29) is 24.0 Å². The highest BCUT2D eigenvalue weighted by Crippen LogP contribution is 2.41. The smallest absolute Gasteiger partial charge is 0.220 e. The molecular weight excluding hydrogens is 352 g/mol. The van der Waals surface area contributed by atoms with Crippen LogP contribution in [0.15, 0.2) is 48.5 Å². The summed E-state index contributed by atoms with van der Waals surface area (Å²) < 4.78 is 5.32. The first-order valence-electron chi connectivity index (χ1n) is 9.98. The average molecular weight is 380 g/mol. The number of nitrogens with one attached hydrogen (secondary N) is 1. The SMILES string of the molecule is COc1ccc(CN2C[C@@H](c3ccccc3)[C@@]3(CCCC(=O)N3)C2)cc1CO. The number of carbonyl (C=O) groups is 1. The Morgan fingerprint density at radius 3 is 2.79 bits per heavy atom. The Morgan fingerprint density at radius 1 is 1.25 bits per heavy atom. The van der Waals surface area contributed by atoms with Crippen molar-refractivity contribution in [2.24, 2.45) is 0 Å². The fourth-order valence-electron chi connectivity index (χ4n) is 4.90. The number of benzene rings is 2. The van der Waals surface area contributed by atoms with Crippen LogP contribution in [0, 0.1) is 0 Å². The van der Waals surface area contributed by atoms with Crippen LogP contribution in [0.25, 0.3) is 0 Å². The second-order valence-corrected chi connectivity index (χ2v) is 8.00. The number of piperidine rings is 1. The largest absolute Gasteiger partial charge is 0.496 e. The van der Waals surface area contributed by atoms with E-state index in [4.69, 9.17) is 4.74 Å². The molecule has 2 heterocycles. The van der Waals surface area contributed by atoms with Gasteiger partial charge < -0.3 is 15.2 Å². The van der Waals surface area contributed by atoms with Crippen LogP contribution in [-0.4, -0.2) is 41.7 Å². The van der Waals surface area contributed by atoms with E-state index in [1.54, 1.807) is 7.11 Å². The maximum atomic E-state index is 12.2. The number of hydrogen-bond acceptors (Lipinski definition) is 4. The quantitative estimate of drug-likeness (QED) is 0.837. The molecule has 0 radical (unpaired) electrons. The minimum atomic E-state index is -0.192. The molecule has 4 rings (SSSR count). The number of hydrogen-bond donors (Lipinski definition) is 2. The Hall–Kier alpha value is -2.37. The van der Waals surface area contributed by atoms with Crippen molar-refractivity contribution in [3.05, 3.63) is 65.2 Å². The molecule has 28 heavy (non-hydrogen) atoms. The molecule has 0 unspecified atom stereocenters. The van der Waals surface area contributed by atoms with Gasteiger partial charge in [-0.25, -0.2) is 0 Å². The standard InChI is InChI=1S/C23H28N2O3/c1-28-21-10-9-17(12-19(21)15-26)13-25-14-20(18-6-3-2-4-7-18)23(16-25)11-5-8-22(27)24-23/h2-4,6-7,9-10,12,20,26H,5,8,11,13-16H2,1H3,(H,24,27)/t20-,23+/m0/s1. The molecule has 1 spiro atoms. The summed E-state index contributed by atoms with van der Waals surface area (Å²) in [6.45, 7) is 2.51. The molecule has 1 amide bonds. The van der Waals surface area contributed by atoms with Gasteiger partial charge in [0.1, 0.15) is 5.75 Å². The predicted octanol–water partition coefficient (Wildman–Crippen LogP) is 2.83. The van der Waals surface area contributed by atoms with Crippen LogP contribution in [-0.2, 0) is 17.9 Å². The van der Waals surface area contributed by atoms with E-state index < -0.39 is 0 Å². The molecule has 2 aliphatic rings. The van der Waals surface area contributed by atoms with Crippen molar-refractivity contribution in [2.75, 3.05) is 20.2 Å². The molecule has 2 atom stereocenters. The van der Waals surface area contributed by atoms with E-state index in [9.17, 15) is 9.90 Å². The molecule has 2 fully saturated rings. The maximum absolute atomic E-state index is 12.2. The lowest BCUT2D eigenvalue weighted by molar-refractivity contribution is -0.125. The number of aliphatic hydroxyl groups excluding tert-OH is 1. The van der Waals surface area contributed by atoms with E-state index in [0.717, 1.165) is 43.6 Å². The molecule has 2 aromatic carbocycles. The van der Waals surface area contributed by atoms with Gasteiger partial charge in [0.2, 0.25) is 5.91 Å². The summed E-state index contributed by atoms with van der Waals surface area (Å²) in [5, 5.41) is 13.0. The fourth-order valence-corrected chi connectivity index (χ4v) is 4.90. The van der Waals surface area contributed by atoms with Crippen molar-refractivity contribution >= 4 is 5.91 Å². The number of ether oxygens (including phenoxy) is 1. The molecular formula is C23H28N2O3. The predicted molar refractivity (Wildman–Crippen MR) is 108 cm³/mol. The molecule has 2 N–H and O–H groups in total. The first kappa shape index (κ1) is 19.0. The first-order chi connectivity index (χ1) is 13.6. The van der Waals surface area contributed by atoms with Crippen LogP contribution in [0.2, 0.25) is 0 Å². The summed E-state index contributed by atoms with van der Waals surface area (Å²) >= 11 is 0. The molecule has 148 valence electrons. The number of amides is 1. The van der Waals surface area contributed by atoms with Crippen molar-refractivity contribution in [1.82, 2.24) is 10.2 Å². The summed E-state index contributed by atoms with van der Waals surface area (Å²) in [5.74, 6) is 1.17. The first-order valence-corrected chi connectivity index (χ1v) is 9.98. The van der Waals surface area contributed by atoms with Crippen molar-refractivity contribution in [1.29, 1.82) is 0 Å². The van der Waals surface area contributed by atoms with Crippen LogP contribution >= 0.6 is 0 Å². The number of aliphatic hydroxyl groups is 1. The summed E-state index contributed by atoms with van der Waals surface area (Å²) in [5.41, 5.74) is 3.05. The monoisotopic (exact) mass is 380 g/mol. The van der Waals surface area contributed by atoms with Gasteiger partial charge in [-0.3, -0.25) is 9.69 Å². The van der Waals surface area contributed by atoms with Crippen molar-refractivity contribution in [3.63, 3.8) is 0 Å². The molecule has 0 saturated carbocycles. The van der Waals surface area contributed by atoms with E-state index >= 15 is 0 Å². The van der Waals surface area contributed by atoms with Gasteiger partial charge in [0, 0.05) is 37.5 Å². The third-order valence-corrected chi connectivity index (χ3v) is 6.15. The second kappa shape index (κ2) is 7.94. The van der Waals surface area contributed by atoms with Gasteiger partial charge >= 0.3 is 0 Å². The highest BCUT2D eigenvalue weighted by atomic mass is 16.5. The lowest BCUT2D eigenvalue weighted by Gasteiger charge is -2.39. The van der Waals surface area contributed by atoms with E-state index in [0.29, 0.717) is 12.2 Å². The molecule has 0 aromatic heterocycles. The maximum Gasteiger partial charge on any atom is 0.220 e. The van der Waals surface area contributed by atoms with E-state index in [1.165, 1.54) is 5.56 Å². The van der Waals surface area contributed by atoms with Gasteiger partial charge in [-0.1, -0.05) is 36.4 Å². The van der Waals surface area contributed by atoms with Crippen LogP contribution in [0.5, 0.6) is 5.75 Å². The molecule has 0 aliphatic carbocycles. The Morgan fingerprint density at radius 2 is 2.07 bits per heavy atom. The Balaban J connectivity index is 1.59. The number of nitrogens with zero attached hydrogens (tertiary/aromatic N) is 1. The Kier molecular flexibility index (Phi) is 5.38. The number of methoxy groups -OCH3 is 1. The summed E-state index contributed by atoms with van der Waals surface area (Å²) in [6, 6.07) is 16.5. The Bertz CT molecular complexity index is 839. The van der Waals surface area contributed by atoms with Crippen LogP contribution in [0.4, 0.5) is 0 Å². The van der Waals surface area contributed by atoms with Crippen LogP contribution in [0.3, 0.4) is 0 Å². The number of carbonyl (C=O) groups excluding carboxylic acids is 1. The zero-order valence-corrected chi connectivity index (χ0v) is 16.4. The lowest BCUT2D eigenvalue weighted by Crippen LogP contribution is -2.56. The van der Waals surface area contributed by atoms with Crippen LogP contribution in [0.1, 0.15) is 41.9 Å². The molecule has 2 saturated heterocycles. The van der Waals surface area contributed by atoms with Crippen LogP contribution < -0.4 is 10.1 Å². The molecule has 0 bridgehead atoms. The normalized spacial score (nSPS) is 25.1. The molecule has 2 aromatic rings. The molecule has 5 heteroatoms. The summed E-state index contributed by atoms with van der Waals surface area (Å²) in [4.78, 5) is 14.7. The van der Waals surface area contributed by atoms with Gasteiger partial charge in [-0.15, -0.1) is 0 Å². The highest BCUT2D eigenvalue weighted by Gasteiger charge is 2.49. The van der Waals surface area contributed by atoms with Gasteiger partial charge in [-0.05, 0) is 36.1 Å². The number of rotatable bonds is 5. The van der Waals surface area contributed by atoms with Gasteiger partial charge in [0.25, 0.3) is 0 Å². The minimum Gasteiger partial charge on any atom is -0.496 e. The van der Waals surface area contributed by atoms with Crippen molar-refractivity contribution in [2.45, 2.75) is 43.9 Å². The fraction of sp³-hybridized carbons (Fsp3) is 0.435. The zero-order chi connectivity index (χ0) is 19.6. The van der Waals surface area contributed by atoms with E-state index in [2.05, 4.69) is 40.5 Å². The topological polar surface area (TPSA) is 61.8 Å². The van der Waals surface area contributed by atoms with Crippen molar-refractivity contribution in [3.8, 4) is 5.75 Å². The highest BCUT2D eigenvalue weighted by molar-refractivity contribution is 5.78. The lowest BCUT2D eigenvalue weighted by atomic mass is 9.76. The minimum absolute atomic E-state index is 0.0380. The zero-order valence-electron chi connectivity index (χ0n) is 16.4. The summed E-state index contributed by atoms with van der Waals surface area (Å²) in [6.07, 6.45) is 2.58. The molecule has 5 nitrogen and oxygen atoms in total. The van der Waals surface area contributed by atoms with Gasteiger partial charge in [0.15, 0.2) is 0 Å². The average Bonchev–Trinajstić information content (AvgIpc) is 3.05. The van der Waals surface area contributed by atoms with E-state index in [1.807, 2.05) is 18.2 Å². The summed E-state index contributed by atoms with van der Waals surface area (Å²) in [7, 11) is 1.62.